The van der Waals surface area contributed by atoms with Gasteiger partial charge in [-0.2, -0.15) is 0 Å². The number of fused-ring (bicyclic) bond motifs is 14. The fourth-order valence-electron chi connectivity index (χ4n) is 18.4. The highest BCUT2D eigenvalue weighted by molar-refractivity contribution is 5.74. The molecule has 348 valence electrons. The van der Waals surface area contributed by atoms with Crippen molar-refractivity contribution in [1.82, 2.24) is 0 Å². The van der Waals surface area contributed by atoms with Crippen LogP contribution in [0.1, 0.15) is 182 Å². The second kappa shape index (κ2) is 14.3. The van der Waals surface area contributed by atoms with Crippen LogP contribution in [0, 0.1) is 80.8 Å². The highest BCUT2D eigenvalue weighted by Gasteiger charge is 2.69. The first-order valence-electron chi connectivity index (χ1n) is 25.7. The number of hydrogen-bond acceptors (Lipinski definition) is 6. The van der Waals surface area contributed by atoms with Crippen LogP contribution in [0.5, 0.6) is 11.5 Å². The predicted octanol–water partition coefficient (Wildman–Crippen LogP) is 12.4. The van der Waals surface area contributed by atoms with Crippen LogP contribution >= 0.6 is 0 Å². The Bertz CT molecular complexity index is 2110. The molecule has 6 saturated carbocycles. The van der Waals surface area contributed by atoms with E-state index in [4.69, 9.17) is 9.47 Å². The number of aromatic hydroxyl groups is 2. The molecule has 63 heavy (non-hydrogen) atoms. The van der Waals surface area contributed by atoms with Gasteiger partial charge in [0.25, 0.3) is 0 Å². The maximum Gasteiger partial charge on any atom is 0.309 e. The van der Waals surface area contributed by atoms with Crippen LogP contribution in [0.15, 0.2) is 29.4 Å². The van der Waals surface area contributed by atoms with E-state index in [9.17, 15) is 25.2 Å². The number of aliphatic hydroxyl groups excluding tert-OH is 1. The summed E-state index contributed by atoms with van der Waals surface area (Å²) in [6, 6.07) is 1.81. The Hall–Kier alpha value is -2.35. The average molecular weight is 867 g/mol. The molecule has 17 unspecified atom stereocenters. The van der Waals surface area contributed by atoms with E-state index in [0.29, 0.717) is 46.5 Å². The minimum atomic E-state index is -0.641. The molecule has 8 fully saturated rings. The Morgan fingerprint density at radius 1 is 0.841 bits per heavy atom. The normalized spacial score (nSPS) is 51.6. The van der Waals surface area contributed by atoms with Crippen molar-refractivity contribution < 1.29 is 34.7 Å². The van der Waals surface area contributed by atoms with Gasteiger partial charge >= 0.3 is 5.97 Å². The van der Waals surface area contributed by atoms with E-state index in [1.54, 1.807) is 5.57 Å². The predicted molar refractivity (Wildman–Crippen MR) is 247 cm³/mol. The number of carboxylic acids is 1. The Labute approximate surface area is 379 Å². The van der Waals surface area contributed by atoms with E-state index in [0.717, 1.165) is 100 Å². The van der Waals surface area contributed by atoms with Crippen LogP contribution in [-0.2, 0) is 26.1 Å². The Balaban J connectivity index is 0.000000150. The highest BCUT2D eigenvalue weighted by atomic mass is 16.7. The molecule has 0 radical (unpaired) electrons. The van der Waals surface area contributed by atoms with E-state index < -0.39 is 11.4 Å². The van der Waals surface area contributed by atoms with Gasteiger partial charge in [-0.25, -0.2) is 0 Å². The number of rotatable bonds is 1. The van der Waals surface area contributed by atoms with Gasteiger partial charge in [0.1, 0.15) is 0 Å². The quantitative estimate of drug-likeness (QED) is 0.164. The second-order valence-electron chi connectivity index (χ2n) is 25.8. The number of hydrogen-bond donors (Lipinski definition) is 4. The van der Waals surface area contributed by atoms with Gasteiger partial charge in [-0.05, 0) is 202 Å². The molecule has 10 aliphatic rings. The summed E-state index contributed by atoms with van der Waals surface area (Å²) < 4.78 is 13.3. The zero-order valence-corrected chi connectivity index (χ0v) is 40.7. The fraction of sp³-hybridized carbons (Fsp3) is 0.804. The van der Waals surface area contributed by atoms with Crippen LogP contribution < -0.4 is 0 Å². The van der Waals surface area contributed by atoms with E-state index in [-0.39, 0.29) is 45.1 Å². The lowest BCUT2D eigenvalue weighted by Gasteiger charge is -2.69. The molecule has 1 spiro atoms. The molecule has 7 nitrogen and oxygen atoms in total. The summed E-state index contributed by atoms with van der Waals surface area (Å²) in [6.07, 6.45) is 23.6. The lowest BCUT2D eigenvalue weighted by molar-refractivity contribution is -0.272. The first-order valence-corrected chi connectivity index (χ1v) is 25.7. The summed E-state index contributed by atoms with van der Waals surface area (Å²) in [5, 5.41) is 41.2. The summed E-state index contributed by atoms with van der Waals surface area (Å²) in [7, 11) is 0. The minimum Gasteiger partial charge on any atom is -0.504 e. The summed E-state index contributed by atoms with van der Waals surface area (Å²) in [5.74, 6) is 3.40. The number of allylic oxidation sites excluding steroid dienone is 4. The SMILES string of the molecule is CC1CCC2(OC1)OC1CC3C4CCC5CC(O)CCC5(C)C4=CCC3(C)C1C2C.Cc1c(O)c(O)cc2c1CC=C1C2(C)CCC2(C)C3CC(C)(C(=O)O)CCC3(C)CCC12C. The third-order valence-corrected chi connectivity index (χ3v) is 22.8. The first-order chi connectivity index (χ1) is 29.5. The summed E-state index contributed by atoms with van der Waals surface area (Å²) >= 11 is 0. The number of carbonyl (C=O) groups is 1. The van der Waals surface area contributed by atoms with Gasteiger partial charge in [0.05, 0.1) is 24.2 Å². The van der Waals surface area contributed by atoms with Gasteiger partial charge in [0, 0.05) is 17.8 Å². The van der Waals surface area contributed by atoms with Gasteiger partial charge in [-0.15, -0.1) is 0 Å². The van der Waals surface area contributed by atoms with Crippen molar-refractivity contribution in [2.75, 3.05) is 6.61 Å². The van der Waals surface area contributed by atoms with E-state index in [1.165, 1.54) is 49.7 Å². The molecule has 8 aliphatic carbocycles. The zero-order valence-electron chi connectivity index (χ0n) is 40.7. The third-order valence-electron chi connectivity index (χ3n) is 22.8. The molecular weight excluding hydrogens is 785 g/mol. The number of benzene rings is 1. The molecular formula is C56H82O7. The summed E-state index contributed by atoms with van der Waals surface area (Å²) in [4.78, 5) is 12.3. The van der Waals surface area contributed by atoms with Crippen LogP contribution in [0.2, 0.25) is 0 Å². The highest BCUT2D eigenvalue weighted by Crippen LogP contribution is 2.75. The monoisotopic (exact) mass is 867 g/mol. The van der Waals surface area contributed by atoms with Crippen molar-refractivity contribution in [1.29, 1.82) is 0 Å². The Morgan fingerprint density at radius 3 is 2.30 bits per heavy atom. The number of carboxylic acid groups (broad SMARTS) is 1. The van der Waals surface area contributed by atoms with Gasteiger partial charge < -0.3 is 29.9 Å². The third kappa shape index (κ3) is 6.01. The zero-order chi connectivity index (χ0) is 45.1. The standard InChI is InChI=1S/C29H40O4.C27H42O3/c1-17-18-7-8-21-27(4,19(18)15-20(30)23(17)31)12-14-29(6)22-16-26(3,24(32)33)10-9-25(22,2)11-13-28(21,29)5;1-16-7-12-27(29-15-16)17(2)24-23(30-27)14-22-20-6-5-18-13-19(28)8-10-25(18,3)21(20)9-11-26(22,24)4/h8,15,22,30-31H,7,9-14,16H2,1-6H3,(H,32,33);9,16-20,22-24,28H,5-8,10-15H2,1-4H3. The molecule has 2 saturated heterocycles. The first kappa shape index (κ1) is 44.5. The summed E-state index contributed by atoms with van der Waals surface area (Å²) in [6.45, 7) is 24.3. The number of phenols is 2. The maximum absolute atomic E-state index is 12.3. The number of aliphatic hydroxyl groups is 1. The molecule has 1 aromatic rings. The number of phenolic OH excluding ortho intramolecular Hbond substituents is 2. The van der Waals surface area contributed by atoms with Crippen molar-refractivity contribution in [2.24, 2.45) is 73.9 Å². The summed E-state index contributed by atoms with van der Waals surface area (Å²) in [5.41, 5.74) is 6.46. The molecule has 4 N–H and O–H groups in total. The molecule has 2 aliphatic heterocycles. The van der Waals surface area contributed by atoms with Gasteiger partial charge in [0.15, 0.2) is 17.3 Å². The lowest BCUT2D eigenvalue weighted by atomic mass is 9.34. The van der Waals surface area contributed by atoms with Crippen LogP contribution in [0.3, 0.4) is 0 Å². The molecule has 0 aromatic heterocycles. The maximum atomic E-state index is 12.3. The Morgan fingerprint density at radius 2 is 1.59 bits per heavy atom. The van der Waals surface area contributed by atoms with Crippen molar-refractivity contribution in [3.63, 3.8) is 0 Å². The van der Waals surface area contributed by atoms with Crippen LogP contribution in [-0.4, -0.2) is 51.0 Å². The largest absolute Gasteiger partial charge is 0.504 e. The molecule has 11 rings (SSSR count). The topological polar surface area (TPSA) is 116 Å². The van der Waals surface area contributed by atoms with Crippen molar-refractivity contribution in [3.8, 4) is 11.5 Å². The number of aliphatic carboxylic acids is 1. The van der Waals surface area contributed by atoms with Gasteiger partial charge in [0.2, 0.25) is 0 Å². The lowest BCUT2D eigenvalue weighted by Crippen LogP contribution is -2.62. The van der Waals surface area contributed by atoms with Gasteiger partial charge in [-0.1, -0.05) is 78.7 Å². The van der Waals surface area contributed by atoms with Crippen molar-refractivity contribution in [2.45, 2.75) is 202 Å². The average Bonchev–Trinajstić information content (AvgIpc) is 3.69. The molecule has 2 heterocycles. The number of ether oxygens (including phenoxy) is 2. The molecule has 17 atom stereocenters. The van der Waals surface area contributed by atoms with E-state index in [2.05, 4.69) is 67.5 Å². The minimum absolute atomic E-state index is 0.00431. The fourth-order valence-corrected chi connectivity index (χ4v) is 18.4. The van der Waals surface area contributed by atoms with Gasteiger partial charge in [-0.3, -0.25) is 4.79 Å². The van der Waals surface area contributed by atoms with E-state index >= 15 is 0 Å². The van der Waals surface area contributed by atoms with Crippen LogP contribution in [0.4, 0.5) is 0 Å². The Kier molecular flexibility index (Phi) is 10.1. The van der Waals surface area contributed by atoms with Crippen molar-refractivity contribution >= 4 is 5.97 Å². The molecule has 7 heteroatoms. The second-order valence-corrected chi connectivity index (χ2v) is 25.8. The van der Waals surface area contributed by atoms with E-state index in [1.807, 2.05) is 19.9 Å². The molecule has 1 aromatic carbocycles. The smallest absolute Gasteiger partial charge is 0.309 e. The molecule has 0 bridgehead atoms. The van der Waals surface area contributed by atoms with Crippen LogP contribution in [0.25, 0.3) is 0 Å². The van der Waals surface area contributed by atoms with Crippen molar-refractivity contribution in [3.05, 3.63) is 46.1 Å². The molecule has 0 amide bonds.